The summed E-state index contributed by atoms with van der Waals surface area (Å²) in [6, 6.07) is 6.74. The zero-order chi connectivity index (χ0) is 19.4. The number of hydrogen-bond acceptors (Lipinski definition) is 7. The van der Waals surface area contributed by atoms with Gasteiger partial charge < -0.3 is 4.74 Å². The Kier molecular flexibility index (Phi) is 5.67. The average molecular weight is 411 g/mol. The normalized spacial score (nSPS) is 11.4. The molecular weight excluding hydrogens is 399 g/mol. The Morgan fingerprint density at radius 1 is 1.37 bits per heavy atom. The Hall–Kier alpha value is -2.58. The lowest BCUT2D eigenvalue weighted by Gasteiger charge is -2.09. The molecule has 0 aliphatic heterocycles. The first kappa shape index (κ1) is 19.2. The topological polar surface area (TPSA) is 87.5 Å². The zero-order valence-electron chi connectivity index (χ0n) is 13.9. The average Bonchev–Trinajstić information content (AvgIpc) is 3.23. The number of aromatic amines is 1. The molecule has 6 nitrogen and oxygen atoms in total. The number of benzene rings is 1. The van der Waals surface area contributed by atoms with E-state index in [1.54, 1.807) is 0 Å². The van der Waals surface area contributed by atoms with Gasteiger partial charge in [0.25, 0.3) is 0 Å². The summed E-state index contributed by atoms with van der Waals surface area (Å²) in [4.78, 5) is 5.09. The summed E-state index contributed by atoms with van der Waals surface area (Å²) >= 11 is 2.62. The van der Waals surface area contributed by atoms with E-state index in [9.17, 15) is 13.2 Å². The van der Waals surface area contributed by atoms with Gasteiger partial charge in [0.1, 0.15) is 29.3 Å². The molecule has 0 aliphatic rings. The lowest BCUT2D eigenvalue weighted by molar-refractivity contribution is -0.137. The number of alkyl halides is 3. The fraction of sp³-hybridized carbons (Fsp3) is 0.250. The number of aryl methyl sites for hydroxylation is 1. The van der Waals surface area contributed by atoms with Crippen molar-refractivity contribution in [2.45, 2.75) is 30.5 Å². The Morgan fingerprint density at radius 3 is 2.93 bits per heavy atom. The number of ether oxygens (including phenoxy) is 1. The van der Waals surface area contributed by atoms with E-state index in [1.807, 2.05) is 6.92 Å². The van der Waals surface area contributed by atoms with Crippen molar-refractivity contribution in [1.29, 1.82) is 5.26 Å². The minimum absolute atomic E-state index is 0.0677. The van der Waals surface area contributed by atoms with E-state index in [-0.39, 0.29) is 12.4 Å². The maximum absolute atomic E-state index is 12.7. The third-order valence-electron chi connectivity index (χ3n) is 3.40. The number of halogens is 3. The molecule has 0 atom stereocenters. The summed E-state index contributed by atoms with van der Waals surface area (Å²) in [6.07, 6.45) is -4.43. The fourth-order valence-corrected chi connectivity index (χ4v) is 3.77. The molecule has 3 aromatic rings. The molecule has 0 bridgehead atoms. The number of rotatable bonds is 6. The van der Waals surface area contributed by atoms with Gasteiger partial charge in [-0.25, -0.2) is 4.98 Å². The molecule has 140 valence electrons. The number of nitrogens with one attached hydrogen (secondary N) is 1. The van der Waals surface area contributed by atoms with Crippen LogP contribution in [-0.2, 0) is 18.5 Å². The van der Waals surface area contributed by atoms with Crippen LogP contribution >= 0.6 is 23.3 Å². The zero-order valence-corrected chi connectivity index (χ0v) is 15.5. The molecule has 0 spiro atoms. The van der Waals surface area contributed by atoms with Gasteiger partial charge in [-0.05, 0) is 36.7 Å². The van der Waals surface area contributed by atoms with Gasteiger partial charge in [0.15, 0.2) is 5.82 Å². The lowest BCUT2D eigenvalue weighted by Crippen LogP contribution is -2.05. The number of aromatic nitrogens is 4. The molecule has 2 heterocycles. The minimum atomic E-state index is -4.43. The van der Waals surface area contributed by atoms with Crippen LogP contribution in [0.3, 0.4) is 0 Å². The first-order chi connectivity index (χ1) is 12.9. The number of thioether (sulfide) groups is 1. The first-order valence-corrected chi connectivity index (χ1v) is 9.32. The molecule has 27 heavy (non-hydrogen) atoms. The van der Waals surface area contributed by atoms with Crippen LogP contribution in [0.5, 0.6) is 5.75 Å². The van der Waals surface area contributed by atoms with Crippen LogP contribution in [0.25, 0.3) is 0 Å². The molecule has 0 saturated heterocycles. The van der Waals surface area contributed by atoms with Crippen LogP contribution < -0.4 is 4.74 Å². The van der Waals surface area contributed by atoms with Gasteiger partial charge in [-0.3, -0.25) is 5.10 Å². The Labute approximate surface area is 160 Å². The van der Waals surface area contributed by atoms with Gasteiger partial charge in [-0.15, -0.1) is 0 Å². The van der Waals surface area contributed by atoms with Crippen molar-refractivity contribution in [1.82, 2.24) is 19.6 Å². The maximum Gasteiger partial charge on any atom is 0.416 e. The third-order valence-corrected chi connectivity index (χ3v) is 5.25. The van der Waals surface area contributed by atoms with Crippen LogP contribution in [0.15, 0.2) is 29.3 Å². The Bertz CT molecular complexity index is 977. The molecule has 0 amide bonds. The molecule has 11 heteroatoms. The molecule has 0 saturated carbocycles. The highest BCUT2D eigenvalue weighted by molar-refractivity contribution is 7.98. The van der Waals surface area contributed by atoms with Crippen molar-refractivity contribution in [2.24, 2.45) is 0 Å². The van der Waals surface area contributed by atoms with Crippen molar-refractivity contribution in [3.8, 4) is 11.8 Å². The summed E-state index contributed by atoms with van der Waals surface area (Å²) in [5.41, 5.74) is -0.225. The molecule has 1 aromatic carbocycles. The third kappa shape index (κ3) is 4.78. The molecule has 0 aliphatic carbocycles. The monoisotopic (exact) mass is 411 g/mol. The number of nitrogens with zero attached hydrogens (tertiary/aromatic N) is 4. The van der Waals surface area contributed by atoms with Crippen LogP contribution in [0, 0.1) is 18.3 Å². The van der Waals surface area contributed by atoms with Crippen molar-refractivity contribution >= 4 is 23.3 Å². The lowest BCUT2D eigenvalue weighted by atomic mass is 10.2. The van der Waals surface area contributed by atoms with Gasteiger partial charge in [0.2, 0.25) is 0 Å². The van der Waals surface area contributed by atoms with Gasteiger partial charge in [0, 0.05) is 4.88 Å². The van der Waals surface area contributed by atoms with E-state index < -0.39 is 11.7 Å². The van der Waals surface area contributed by atoms with Gasteiger partial charge in [-0.1, -0.05) is 17.8 Å². The highest BCUT2D eigenvalue weighted by Gasteiger charge is 2.30. The predicted octanol–water partition coefficient (Wildman–Crippen LogP) is 4.33. The minimum Gasteiger partial charge on any atom is -0.486 e. The Balaban J connectivity index is 1.58. The number of H-pyrrole nitrogens is 1. The van der Waals surface area contributed by atoms with E-state index >= 15 is 0 Å². The summed E-state index contributed by atoms with van der Waals surface area (Å²) < 4.78 is 47.7. The highest BCUT2D eigenvalue weighted by Crippen LogP contribution is 2.31. The van der Waals surface area contributed by atoms with E-state index in [0.717, 1.165) is 17.0 Å². The van der Waals surface area contributed by atoms with Crippen molar-refractivity contribution in [2.75, 3.05) is 0 Å². The molecule has 3 rings (SSSR count). The van der Waals surface area contributed by atoms with Gasteiger partial charge in [0.05, 0.1) is 16.9 Å². The summed E-state index contributed by atoms with van der Waals surface area (Å²) in [5, 5.41) is 16.5. The second-order valence-corrected chi connectivity index (χ2v) is 7.27. The van der Waals surface area contributed by atoms with Crippen molar-refractivity contribution in [3.63, 3.8) is 0 Å². The maximum atomic E-state index is 12.7. The van der Waals surface area contributed by atoms with Crippen molar-refractivity contribution < 1.29 is 17.9 Å². The van der Waals surface area contributed by atoms with Gasteiger partial charge >= 0.3 is 6.18 Å². The van der Waals surface area contributed by atoms with E-state index in [2.05, 4.69) is 25.6 Å². The number of hydrogen-bond donors (Lipinski definition) is 1. The Morgan fingerprint density at radius 2 is 2.19 bits per heavy atom. The SMILES string of the molecule is Cc1snc(SCc2nc(COc3cccc(C(F)(F)F)c3)n[nH]2)c1C#N. The van der Waals surface area contributed by atoms with Crippen LogP contribution in [-0.4, -0.2) is 19.6 Å². The standard InChI is InChI=1S/C16H12F3N5OS2/c1-9-12(6-20)15(24-27-9)26-8-14-21-13(22-23-14)7-25-11-4-2-3-10(5-11)16(17,18)19/h2-5H,7-8H2,1H3,(H,21,22,23). The van der Waals surface area contributed by atoms with E-state index in [0.29, 0.717) is 28.0 Å². The fourth-order valence-electron chi connectivity index (χ4n) is 2.09. The molecular formula is C16H12F3N5OS2. The molecule has 0 radical (unpaired) electrons. The molecule has 1 N–H and O–H groups in total. The predicted molar refractivity (Wildman–Crippen MR) is 93.3 cm³/mol. The first-order valence-electron chi connectivity index (χ1n) is 7.56. The quantitative estimate of drug-likeness (QED) is 0.608. The largest absolute Gasteiger partial charge is 0.486 e. The highest BCUT2D eigenvalue weighted by atomic mass is 32.2. The van der Waals surface area contributed by atoms with Crippen LogP contribution in [0.2, 0.25) is 0 Å². The van der Waals surface area contributed by atoms with Gasteiger partial charge in [-0.2, -0.15) is 27.9 Å². The second-order valence-electron chi connectivity index (χ2n) is 5.33. The van der Waals surface area contributed by atoms with Crippen LogP contribution in [0.4, 0.5) is 13.2 Å². The molecule has 0 unspecified atom stereocenters. The second kappa shape index (κ2) is 7.98. The van der Waals surface area contributed by atoms with Crippen molar-refractivity contribution in [3.05, 3.63) is 51.9 Å². The smallest absolute Gasteiger partial charge is 0.416 e. The molecule has 2 aromatic heterocycles. The summed E-state index contributed by atoms with van der Waals surface area (Å²) in [5.74, 6) is 1.38. The summed E-state index contributed by atoms with van der Waals surface area (Å²) in [6.45, 7) is 1.76. The number of nitriles is 1. The van der Waals surface area contributed by atoms with E-state index in [1.165, 1.54) is 35.4 Å². The van der Waals surface area contributed by atoms with Crippen LogP contribution in [0.1, 0.15) is 27.7 Å². The summed E-state index contributed by atoms with van der Waals surface area (Å²) in [7, 11) is 0. The molecule has 0 fully saturated rings. The van der Waals surface area contributed by atoms with E-state index in [4.69, 9.17) is 10.00 Å².